The van der Waals surface area contributed by atoms with Crippen molar-refractivity contribution in [3.8, 4) is 5.75 Å². The molecule has 150 valence electrons. The van der Waals surface area contributed by atoms with Gasteiger partial charge in [-0.2, -0.15) is 0 Å². The van der Waals surface area contributed by atoms with E-state index in [9.17, 15) is 14.4 Å². The molecule has 1 rings (SSSR count). The van der Waals surface area contributed by atoms with Gasteiger partial charge >= 0.3 is 6.03 Å². The molecule has 0 saturated carbocycles. The first kappa shape index (κ1) is 22.4. The number of hydrogen-bond donors (Lipinski definition) is 4. The van der Waals surface area contributed by atoms with Gasteiger partial charge in [-0.25, -0.2) is 4.79 Å². The van der Waals surface area contributed by atoms with Gasteiger partial charge in [0.1, 0.15) is 5.75 Å². The van der Waals surface area contributed by atoms with Gasteiger partial charge in [0, 0.05) is 12.2 Å². The van der Waals surface area contributed by atoms with Crippen molar-refractivity contribution in [1.29, 1.82) is 0 Å². The van der Waals surface area contributed by atoms with Crippen LogP contribution in [0.3, 0.4) is 0 Å². The molecule has 1 aromatic carbocycles. The Kier molecular flexibility index (Phi) is 9.89. The van der Waals surface area contributed by atoms with Crippen LogP contribution >= 0.6 is 0 Å². The summed E-state index contributed by atoms with van der Waals surface area (Å²) in [4.78, 5) is 36.6. The molecule has 0 aliphatic heterocycles. The number of anilines is 1. The minimum Gasteiger partial charge on any atom is -0.497 e. The van der Waals surface area contributed by atoms with E-state index in [1.165, 1.54) is 0 Å². The van der Waals surface area contributed by atoms with Crippen LogP contribution in [0.5, 0.6) is 5.75 Å². The summed E-state index contributed by atoms with van der Waals surface area (Å²) in [5.74, 6) is 0.569. The topological polar surface area (TPSA) is 101 Å². The number of benzene rings is 1. The number of amides is 4. The van der Waals surface area contributed by atoms with Gasteiger partial charge in [0.15, 0.2) is 13.1 Å². The molecule has 0 fully saturated rings. The molecule has 8 heteroatoms. The lowest BCUT2D eigenvalue weighted by atomic mass is 10.1. The van der Waals surface area contributed by atoms with Crippen molar-refractivity contribution in [2.24, 2.45) is 5.92 Å². The third-order valence-corrected chi connectivity index (χ3v) is 3.96. The standard InChI is InChI=1S/C19H30N4O4/c1-5-23(13-18(25)22-19(26)20-11-10-14(2)3)12-17(24)21-15-6-8-16(27-4)9-7-15/h6-9,14H,5,10-13H2,1-4H3,(H,21,24)(H2,20,22,25,26)/p+1. The molecule has 1 aromatic rings. The lowest BCUT2D eigenvalue weighted by Crippen LogP contribution is -3.14. The first-order valence-corrected chi connectivity index (χ1v) is 9.19. The summed E-state index contributed by atoms with van der Waals surface area (Å²) in [5.41, 5.74) is 0.658. The van der Waals surface area contributed by atoms with E-state index in [1.54, 1.807) is 31.4 Å². The number of carbonyl (C=O) groups is 3. The largest absolute Gasteiger partial charge is 0.497 e. The second-order valence-corrected chi connectivity index (χ2v) is 6.72. The maximum absolute atomic E-state index is 12.2. The van der Waals surface area contributed by atoms with E-state index < -0.39 is 11.9 Å². The van der Waals surface area contributed by atoms with E-state index in [-0.39, 0.29) is 19.0 Å². The van der Waals surface area contributed by atoms with E-state index in [0.29, 0.717) is 30.4 Å². The Hall–Kier alpha value is -2.61. The molecular formula is C19H31N4O4+. The zero-order chi connectivity index (χ0) is 20.2. The molecule has 27 heavy (non-hydrogen) atoms. The van der Waals surface area contributed by atoms with Gasteiger partial charge in [0.25, 0.3) is 11.8 Å². The molecule has 4 amide bonds. The Morgan fingerprint density at radius 2 is 1.70 bits per heavy atom. The molecule has 0 aromatic heterocycles. The lowest BCUT2D eigenvalue weighted by Gasteiger charge is -2.17. The van der Waals surface area contributed by atoms with Gasteiger partial charge in [0.2, 0.25) is 0 Å². The van der Waals surface area contributed by atoms with Gasteiger partial charge < -0.3 is 20.3 Å². The number of nitrogens with one attached hydrogen (secondary N) is 4. The van der Waals surface area contributed by atoms with E-state index in [1.807, 2.05) is 6.92 Å². The van der Waals surface area contributed by atoms with E-state index in [4.69, 9.17) is 4.74 Å². The van der Waals surface area contributed by atoms with Crippen molar-refractivity contribution in [2.75, 3.05) is 38.6 Å². The summed E-state index contributed by atoms with van der Waals surface area (Å²) in [6.45, 7) is 7.28. The highest BCUT2D eigenvalue weighted by atomic mass is 16.5. The van der Waals surface area contributed by atoms with Crippen molar-refractivity contribution in [3.05, 3.63) is 24.3 Å². The summed E-state index contributed by atoms with van der Waals surface area (Å²) in [5, 5.41) is 7.73. The summed E-state index contributed by atoms with van der Waals surface area (Å²) in [6.07, 6.45) is 0.847. The first-order valence-electron chi connectivity index (χ1n) is 9.19. The predicted octanol–water partition coefficient (Wildman–Crippen LogP) is 0.410. The van der Waals surface area contributed by atoms with Crippen LogP contribution in [0.4, 0.5) is 10.5 Å². The van der Waals surface area contributed by atoms with Crippen LogP contribution in [0.15, 0.2) is 24.3 Å². The molecule has 0 radical (unpaired) electrons. The van der Waals surface area contributed by atoms with Crippen LogP contribution < -0.4 is 25.6 Å². The number of quaternary nitrogens is 1. The molecule has 4 N–H and O–H groups in total. The normalized spacial score (nSPS) is 11.6. The average molecular weight is 379 g/mol. The van der Waals surface area contributed by atoms with Crippen LogP contribution in [0.1, 0.15) is 27.2 Å². The average Bonchev–Trinajstić information content (AvgIpc) is 2.61. The van der Waals surface area contributed by atoms with Crippen LogP contribution in [0.2, 0.25) is 0 Å². The minimum absolute atomic E-state index is 0.0458. The first-order chi connectivity index (χ1) is 12.8. The second kappa shape index (κ2) is 11.9. The number of imide groups is 1. The van der Waals surface area contributed by atoms with Crippen LogP contribution in [0.25, 0.3) is 0 Å². The third-order valence-electron chi connectivity index (χ3n) is 3.96. The van der Waals surface area contributed by atoms with Gasteiger partial charge in [-0.1, -0.05) is 13.8 Å². The van der Waals surface area contributed by atoms with Crippen molar-refractivity contribution >= 4 is 23.5 Å². The van der Waals surface area contributed by atoms with Crippen LogP contribution in [-0.4, -0.2) is 51.1 Å². The highest BCUT2D eigenvalue weighted by Crippen LogP contribution is 2.14. The fourth-order valence-corrected chi connectivity index (χ4v) is 2.34. The van der Waals surface area contributed by atoms with Crippen molar-refractivity contribution < 1.29 is 24.0 Å². The second-order valence-electron chi connectivity index (χ2n) is 6.72. The number of methoxy groups -OCH3 is 1. The highest BCUT2D eigenvalue weighted by molar-refractivity contribution is 5.95. The Labute approximate surface area is 160 Å². The monoisotopic (exact) mass is 379 g/mol. The molecule has 8 nitrogen and oxygen atoms in total. The Balaban J connectivity index is 2.39. The summed E-state index contributed by atoms with van der Waals surface area (Å²) in [7, 11) is 1.58. The minimum atomic E-state index is -0.501. The molecular weight excluding hydrogens is 348 g/mol. The van der Waals surface area contributed by atoms with E-state index in [0.717, 1.165) is 11.3 Å². The molecule has 0 heterocycles. The number of ether oxygens (including phenoxy) is 1. The summed E-state index contributed by atoms with van der Waals surface area (Å²) < 4.78 is 5.07. The van der Waals surface area contributed by atoms with Crippen molar-refractivity contribution in [3.63, 3.8) is 0 Å². The quantitative estimate of drug-likeness (QED) is 0.473. The number of hydrogen-bond acceptors (Lipinski definition) is 4. The summed E-state index contributed by atoms with van der Waals surface area (Å²) in [6, 6.07) is 6.50. The van der Waals surface area contributed by atoms with E-state index in [2.05, 4.69) is 29.8 Å². The van der Waals surface area contributed by atoms with Gasteiger partial charge in [0.05, 0.1) is 13.7 Å². The number of likely N-dealkylation sites (N-methyl/N-ethyl adjacent to an activating group) is 1. The highest BCUT2D eigenvalue weighted by Gasteiger charge is 2.18. The van der Waals surface area contributed by atoms with Crippen molar-refractivity contribution in [2.45, 2.75) is 27.2 Å². The zero-order valence-electron chi connectivity index (χ0n) is 16.6. The van der Waals surface area contributed by atoms with E-state index >= 15 is 0 Å². The smallest absolute Gasteiger partial charge is 0.321 e. The van der Waals surface area contributed by atoms with Crippen molar-refractivity contribution in [1.82, 2.24) is 10.6 Å². The maximum Gasteiger partial charge on any atom is 0.321 e. The Morgan fingerprint density at radius 3 is 2.26 bits per heavy atom. The van der Waals surface area contributed by atoms with Gasteiger partial charge in [-0.05, 0) is 43.5 Å². The van der Waals surface area contributed by atoms with Gasteiger partial charge in [-0.15, -0.1) is 0 Å². The maximum atomic E-state index is 12.2. The fraction of sp³-hybridized carbons (Fsp3) is 0.526. The number of urea groups is 1. The third kappa shape index (κ3) is 9.60. The SMILES string of the molecule is CC[NH+](CC(=O)NC(=O)NCCC(C)C)CC(=O)Nc1ccc(OC)cc1. The molecule has 0 spiro atoms. The fourth-order valence-electron chi connectivity index (χ4n) is 2.34. The number of rotatable bonds is 10. The Bertz CT molecular complexity index is 617. The molecule has 0 saturated heterocycles. The molecule has 0 aliphatic carbocycles. The predicted molar refractivity (Wildman–Crippen MR) is 104 cm³/mol. The molecule has 1 unspecified atom stereocenters. The summed E-state index contributed by atoms with van der Waals surface area (Å²) >= 11 is 0. The lowest BCUT2D eigenvalue weighted by molar-refractivity contribution is -0.881. The van der Waals surface area contributed by atoms with Crippen LogP contribution in [0, 0.1) is 5.92 Å². The Morgan fingerprint density at radius 1 is 1.07 bits per heavy atom. The molecule has 1 atom stereocenters. The molecule has 0 bridgehead atoms. The number of carbonyl (C=O) groups excluding carboxylic acids is 3. The zero-order valence-corrected chi connectivity index (χ0v) is 16.6. The van der Waals surface area contributed by atoms with Gasteiger partial charge in [-0.3, -0.25) is 14.9 Å². The van der Waals surface area contributed by atoms with Crippen LogP contribution in [-0.2, 0) is 9.59 Å². The molecule has 0 aliphatic rings.